The molecule has 6 rings (SSSR count). The smallest absolute Gasteiger partial charge is 0.252 e. The van der Waals surface area contributed by atoms with E-state index < -0.39 is 0 Å². The molecule has 0 bridgehead atoms. The Morgan fingerprint density at radius 1 is 1.06 bits per heavy atom. The Balaban J connectivity index is 1.08. The summed E-state index contributed by atoms with van der Waals surface area (Å²) in [5.74, 6) is 0. The molecule has 10 heteroatoms. The van der Waals surface area contributed by atoms with Gasteiger partial charge in [0, 0.05) is 49.4 Å². The van der Waals surface area contributed by atoms with Gasteiger partial charge in [0.25, 0.3) is 11.1 Å². The van der Waals surface area contributed by atoms with Gasteiger partial charge in [-0.2, -0.15) is 8.75 Å². The highest BCUT2D eigenvalue weighted by Gasteiger charge is 2.29. The molecule has 1 atom stereocenters. The van der Waals surface area contributed by atoms with Crippen molar-refractivity contribution in [2.75, 3.05) is 19.6 Å². The highest BCUT2D eigenvalue weighted by Crippen LogP contribution is 2.25. The average molecular weight is 450 g/mol. The third-order valence-electron chi connectivity index (χ3n) is 6.64. The molecule has 1 saturated heterocycles. The summed E-state index contributed by atoms with van der Waals surface area (Å²) >= 11 is 1.19. The van der Waals surface area contributed by atoms with Crippen molar-refractivity contribution in [2.45, 2.75) is 38.0 Å². The normalized spacial score (nSPS) is 19.3. The predicted molar refractivity (Wildman–Crippen MR) is 123 cm³/mol. The number of nitrogens with one attached hydrogen (secondary N) is 1. The van der Waals surface area contributed by atoms with Crippen LogP contribution in [0.5, 0.6) is 0 Å². The summed E-state index contributed by atoms with van der Waals surface area (Å²) in [6.07, 6.45) is 3.96. The van der Waals surface area contributed by atoms with E-state index in [1.165, 1.54) is 11.7 Å². The SMILES string of the molecule is O=c1ccc2ccc(=O)n3c2n1C[C@H]3CN1CCC(NCc2cnc3nsnc3c2)CC1. The molecule has 32 heavy (non-hydrogen) atoms. The lowest BCUT2D eigenvalue weighted by molar-refractivity contribution is 0.171. The van der Waals surface area contributed by atoms with Gasteiger partial charge >= 0.3 is 0 Å². The second kappa shape index (κ2) is 7.88. The van der Waals surface area contributed by atoms with E-state index >= 15 is 0 Å². The molecule has 0 unspecified atom stereocenters. The minimum Gasteiger partial charge on any atom is -0.310 e. The predicted octanol–water partition coefficient (Wildman–Crippen LogP) is 1.37. The topological polar surface area (TPSA) is 97.9 Å². The van der Waals surface area contributed by atoms with Gasteiger partial charge in [-0.25, -0.2) is 4.98 Å². The van der Waals surface area contributed by atoms with Crippen molar-refractivity contribution >= 4 is 33.9 Å². The van der Waals surface area contributed by atoms with Crippen LogP contribution in [0.3, 0.4) is 0 Å². The number of hydrogen-bond acceptors (Lipinski definition) is 8. The Morgan fingerprint density at radius 3 is 2.72 bits per heavy atom. The van der Waals surface area contributed by atoms with Gasteiger partial charge in [0.05, 0.1) is 17.8 Å². The number of piperidine rings is 1. The summed E-state index contributed by atoms with van der Waals surface area (Å²) in [5.41, 5.74) is 3.37. The van der Waals surface area contributed by atoms with Crippen LogP contribution in [0.25, 0.3) is 22.2 Å². The lowest BCUT2D eigenvalue weighted by Gasteiger charge is -2.34. The van der Waals surface area contributed by atoms with E-state index in [1.54, 1.807) is 16.7 Å². The molecule has 1 N–H and O–H groups in total. The van der Waals surface area contributed by atoms with E-state index in [2.05, 4.69) is 23.9 Å². The maximum Gasteiger partial charge on any atom is 0.252 e. The monoisotopic (exact) mass is 449 g/mol. The Labute approximate surface area is 187 Å². The van der Waals surface area contributed by atoms with Crippen LogP contribution in [0.2, 0.25) is 0 Å². The van der Waals surface area contributed by atoms with Crippen LogP contribution in [0.15, 0.2) is 46.1 Å². The minimum atomic E-state index is -0.0385. The highest BCUT2D eigenvalue weighted by molar-refractivity contribution is 7.00. The van der Waals surface area contributed by atoms with Gasteiger partial charge in [0.15, 0.2) is 5.65 Å². The Bertz CT molecular complexity index is 1410. The van der Waals surface area contributed by atoms with Crippen LogP contribution >= 0.6 is 11.7 Å². The first kappa shape index (κ1) is 19.7. The third-order valence-corrected chi connectivity index (χ3v) is 7.17. The molecular formula is C22H23N7O2S. The van der Waals surface area contributed by atoms with E-state index in [9.17, 15) is 9.59 Å². The Kier molecular flexibility index (Phi) is 4.85. The molecular weight excluding hydrogens is 426 g/mol. The molecule has 2 aliphatic rings. The second-order valence-corrected chi connectivity index (χ2v) is 9.19. The lowest BCUT2D eigenvalue weighted by Crippen LogP contribution is -2.44. The molecule has 0 aliphatic carbocycles. The van der Waals surface area contributed by atoms with E-state index in [1.807, 2.05) is 29.0 Å². The Hall–Kier alpha value is -2.95. The summed E-state index contributed by atoms with van der Waals surface area (Å²) in [6.45, 7) is 4.05. The van der Waals surface area contributed by atoms with Gasteiger partial charge < -0.3 is 10.2 Å². The lowest BCUT2D eigenvalue weighted by atomic mass is 10.0. The Morgan fingerprint density at radius 2 is 1.88 bits per heavy atom. The number of hydrogen-bond donors (Lipinski definition) is 1. The minimum absolute atomic E-state index is 0.00432. The molecule has 0 spiro atoms. The number of fused-ring (bicyclic) bond motifs is 1. The van der Waals surface area contributed by atoms with E-state index in [0.29, 0.717) is 18.2 Å². The quantitative estimate of drug-likeness (QED) is 0.491. The number of rotatable bonds is 5. The van der Waals surface area contributed by atoms with Gasteiger partial charge in [-0.1, -0.05) is 0 Å². The summed E-state index contributed by atoms with van der Waals surface area (Å²) in [4.78, 5) is 31.7. The molecule has 2 aliphatic heterocycles. The fourth-order valence-corrected chi connectivity index (χ4v) is 5.48. The average Bonchev–Trinajstić information content (AvgIpc) is 3.43. The van der Waals surface area contributed by atoms with Crippen molar-refractivity contribution in [2.24, 2.45) is 0 Å². The van der Waals surface area contributed by atoms with Crippen LogP contribution in [0.1, 0.15) is 24.4 Å². The number of likely N-dealkylation sites (tertiary alicyclic amines) is 1. The molecule has 164 valence electrons. The van der Waals surface area contributed by atoms with E-state index in [0.717, 1.165) is 61.1 Å². The molecule has 0 aromatic carbocycles. The molecule has 0 amide bonds. The van der Waals surface area contributed by atoms with Crippen LogP contribution < -0.4 is 16.4 Å². The largest absolute Gasteiger partial charge is 0.310 e. The second-order valence-electron chi connectivity index (χ2n) is 8.66. The third kappa shape index (κ3) is 3.44. The fraction of sp³-hybridized carbons (Fsp3) is 0.409. The first-order valence-corrected chi connectivity index (χ1v) is 11.7. The molecule has 0 radical (unpaired) electrons. The number of pyridine rings is 3. The van der Waals surface area contributed by atoms with Gasteiger partial charge in [0.2, 0.25) is 0 Å². The van der Waals surface area contributed by atoms with Crippen LogP contribution in [-0.2, 0) is 13.1 Å². The summed E-state index contributed by atoms with van der Waals surface area (Å²) in [6, 6.07) is 9.31. The van der Waals surface area contributed by atoms with Gasteiger partial charge in [-0.3, -0.25) is 18.7 Å². The molecule has 0 saturated carbocycles. The zero-order valence-electron chi connectivity index (χ0n) is 17.5. The summed E-state index contributed by atoms with van der Waals surface area (Å²) in [5, 5.41) is 4.58. The molecule has 4 aromatic heterocycles. The fourth-order valence-electron chi connectivity index (χ4n) is 5.00. The zero-order chi connectivity index (χ0) is 21.7. The molecule has 4 aromatic rings. The maximum absolute atomic E-state index is 12.6. The van der Waals surface area contributed by atoms with E-state index in [-0.39, 0.29) is 17.2 Å². The molecule has 9 nitrogen and oxygen atoms in total. The van der Waals surface area contributed by atoms with Crippen molar-refractivity contribution in [3.63, 3.8) is 0 Å². The van der Waals surface area contributed by atoms with Crippen molar-refractivity contribution in [1.82, 2.24) is 33.1 Å². The first-order chi connectivity index (χ1) is 15.7. The van der Waals surface area contributed by atoms with Gasteiger partial charge in [0.1, 0.15) is 11.2 Å². The van der Waals surface area contributed by atoms with Gasteiger partial charge in [-0.15, -0.1) is 0 Å². The maximum atomic E-state index is 12.6. The zero-order valence-corrected chi connectivity index (χ0v) is 18.3. The summed E-state index contributed by atoms with van der Waals surface area (Å²) in [7, 11) is 0. The van der Waals surface area contributed by atoms with Crippen LogP contribution in [0, 0.1) is 0 Å². The van der Waals surface area contributed by atoms with Crippen molar-refractivity contribution in [3.05, 3.63) is 62.8 Å². The number of aromatic nitrogens is 5. The van der Waals surface area contributed by atoms with Gasteiger partial charge in [-0.05, 0) is 49.7 Å². The standard InChI is InChI=1S/C22H23N7O2S/c30-19-3-1-15-2-4-20(31)29-17(13-28(19)22(15)29)12-27-7-5-16(6-8-27)23-10-14-9-18-21(24-11-14)26-32-25-18/h1-4,9,11,16-17,23H,5-8,10,12-13H2/t17-/m1/s1. The summed E-state index contributed by atoms with van der Waals surface area (Å²) < 4.78 is 12.0. The first-order valence-electron chi connectivity index (χ1n) is 10.9. The van der Waals surface area contributed by atoms with Crippen LogP contribution in [0.4, 0.5) is 0 Å². The van der Waals surface area contributed by atoms with Crippen molar-refractivity contribution < 1.29 is 0 Å². The van der Waals surface area contributed by atoms with Crippen molar-refractivity contribution in [3.8, 4) is 0 Å². The number of nitrogens with zero attached hydrogens (tertiary/aromatic N) is 6. The molecule has 1 fully saturated rings. The van der Waals surface area contributed by atoms with Crippen LogP contribution in [-0.4, -0.2) is 53.4 Å². The van der Waals surface area contributed by atoms with Crippen molar-refractivity contribution in [1.29, 1.82) is 0 Å². The highest BCUT2D eigenvalue weighted by atomic mass is 32.1. The molecule has 6 heterocycles. The van der Waals surface area contributed by atoms with E-state index in [4.69, 9.17) is 0 Å².